The summed E-state index contributed by atoms with van der Waals surface area (Å²) in [5.41, 5.74) is 0.786. The topological polar surface area (TPSA) is 76.0 Å². The van der Waals surface area contributed by atoms with Crippen molar-refractivity contribution < 1.29 is 17.9 Å². The Morgan fingerprint density at radius 2 is 1.89 bits per heavy atom. The maximum Gasteiger partial charge on any atom is 0.284 e. The first kappa shape index (κ1) is 19.2. The maximum absolute atomic E-state index is 12.7. The monoisotopic (exact) mass is 402 g/mol. The molecule has 2 aromatic rings. The molecule has 0 radical (unpaired) electrons. The normalized spacial score (nSPS) is 17.7. The van der Waals surface area contributed by atoms with Gasteiger partial charge in [-0.15, -0.1) is 4.40 Å². The number of thioether (sulfide) groups is 1. The molecule has 0 spiro atoms. The predicted molar refractivity (Wildman–Crippen MR) is 107 cm³/mol. The van der Waals surface area contributed by atoms with Gasteiger partial charge in [0.25, 0.3) is 15.9 Å². The second-order valence-electron chi connectivity index (χ2n) is 5.60. The van der Waals surface area contributed by atoms with Gasteiger partial charge in [0.15, 0.2) is 5.17 Å². The fraction of sp³-hybridized carbons (Fsp3) is 0.158. The summed E-state index contributed by atoms with van der Waals surface area (Å²) >= 11 is 1.05. The number of amides is 1. The van der Waals surface area contributed by atoms with E-state index in [1.54, 1.807) is 44.4 Å². The number of amidine groups is 1. The van der Waals surface area contributed by atoms with Gasteiger partial charge in [-0.2, -0.15) is 8.42 Å². The highest BCUT2D eigenvalue weighted by Gasteiger charge is 2.34. The van der Waals surface area contributed by atoms with Crippen molar-refractivity contribution >= 4 is 38.9 Å². The number of benzene rings is 2. The van der Waals surface area contributed by atoms with Crippen molar-refractivity contribution in [3.63, 3.8) is 0 Å². The van der Waals surface area contributed by atoms with E-state index in [9.17, 15) is 13.2 Å². The molecule has 1 aliphatic rings. The fourth-order valence-corrected chi connectivity index (χ4v) is 4.75. The standard InChI is InChI=1S/C19H18N2O4S2/c1-3-21-18(22)17(13-14-8-7-9-15(12-14)25-2)26-19(21)20-27(23,24)16-10-5-4-6-11-16/h4-13H,3H2,1-2H3/b17-13-,20-19+. The van der Waals surface area contributed by atoms with Crippen LogP contribution in [0.4, 0.5) is 0 Å². The van der Waals surface area contributed by atoms with Crippen LogP contribution in [0.3, 0.4) is 0 Å². The number of hydrogen-bond acceptors (Lipinski definition) is 5. The molecule has 2 aromatic carbocycles. The highest BCUT2D eigenvalue weighted by Crippen LogP contribution is 2.33. The molecule has 0 atom stereocenters. The molecule has 0 unspecified atom stereocenters. The Morgan fingerprint density at radius 3 is 2.56 bits per heavy atom. The molecule has 1 saturated heterocycles. The number of hydrogen-bond donors (Lipinski definition) is 0. The lowest BCUT2D eigenvalue weighted by molar-refractivity contribution is -0.122. The third-order valence-corrected chi connectivity index (χ3v) is 6.24. The van der Waals surface area contributed by atoms with Crippen LogP contribution >= 0.6 is 11.8 Å². The summed E-state index contributed by atoms with van der Waals surface area (Å²) in [6.07, 6.45) is 1.70. The van der Waals surface area contributed by atoms with Crippen molar-refractivity contribution in [2.75, 3.05) is 13.7 Å². The first-order valence-corrected chi connectivity index (χ1v) is 10.5. The number of sulfonamides is 1. The van der Waals surface area contributed by atoms with Crippen molar-refractivity contribution in [2.24, 2.45) is 4.40 Å². The molecular weight excluding hydrogens is 384 g/mol. The van der Waals surface area contributed by atoms with Gasteiger partial charge < -0.3 is 4.74 Å². The zero-order chi connectivity index (χ0) is 19.4. The third kappa shape index (κ3) is 4.23. The molecule has 0 aromatic heterocycles. The van der Waals surface area contributed by atoms with E-state index in [-0.39, 0.29) is 16.0 Å². The van der Waals surface area contributed by atoms with Crippen LogP contribution in [0.2, 0.25) is 0 Å². The summed E-state index contributed by atoms with van der Waals surface area (Å²) in [7, 11) is -2.32. The number of likely N-dealkylation sites (N-methyl/N-ethyl adjacent to an activating group) is 1. The van der Waals surface area contributed by atoms with Crippen molar-refractivity contribution in [3.05, 3.63) is 65.1 Å². The minimum Gasteiger partial charge on any atom is -0.497 e. The minimum atomic E-state index is -3.89. The van der Waals surface area contributed by atoms with Crippen LogP contribution in [-0.4, -0.2) is 38.0 Å². The van der Waals surface area contributed by atoms with E-state index in [0.29, 0.717) is 17.2 Å². The largest absolute Gasteiger partial charge is 0.497 e. The van der Waals surface area contributed by atoms with E-state index in [1.165, 1.54) is 17.0 Å². The summed E-state index contributed by atoms with van der Waals surface area (Å²) in [6.45, 7) is 2.10. The SMILES string of the molecule is CCN1C(=O)/C(=C/c2cccc(OC)c2)S/C1=N/S(=O)(=O)c1ccccc1. The molecule has 0 aliphatic carbocycles. The van der Waals surface area contributed by atoms with Crippen LogP contribution in [0.15, 0.2) is 68.8 Å². The molecule has 27 heavy (non-hydrogen) atoms. The summed E-state index contributed by atoms with van der Waals surface area (Å²) in [4.78, 5) is 14.5. The van der Waals surface area contributed by atoms with Crippen LogP contribution in [0.25, 0.3) is 6.08 Å². The lowest BCUT2D eigenvalue weighted by Crippen LogP contribution is -2.29. The fourth-order valence-electron chi connectivity index (χ4n) is 2.49. The Morgan fingerprint density at radius 1 is 1.15 bits per heavy atom. The zero-order valence-electron chi connectivity index (χ0n) is 14.8. The zero-order valence-corrected chi connectivity index (χ0v) is 16.5. The van der Waals surface area contributed by atoms with Crippen molar-refractivity contribution in [1.82, 2.24) is 4.90 Å². The Kier molecular flexibility index (Phi) is 5.67. The van der Waals surface area contributed by atoms with Crippen molar-refractivity contribution in [2.45, 2.75) is 11.8 Å². The Labute approximate surface area is 162 Å². The predicted octanol–water partition coefficient (Wildman–Crippen LogP) is 3.38. The lowest BCUT2D eigenvalue weighted by Gasteiger charge is -2.11. The number of carbonyl (C=O) groups excluding carboxylic acids is 1. The van der Waals surface area contributed by atoms with Gasteiger partial charge in [-0.1, -0.05) is 30.3 Å². The van der Waals surface area contributed by atoms with Gasteiger partial charge in [0, 0.05) is 6.54 Å². The summed E-state index contributed by atoms with van der Waals surface area (Å²) in [5.74, 6) is 0.403. The first-order chi connectivity index (χ1) is 12.9. The number of rotatable bonds is 5. The molecule has 1 aliphatic heterocycles. The number of ether oxygens (including phenoxy) is 1. The van der Waals surface area contributed by atoms with Crippen LogP contribution in [0, 0.1) is 0 Å². The number of methoxy groups -OCH3 is 1. The summed E-state index contributed by atoms with van der Waals surface area (Å²) in [6, 6.07) is 15.2. The second-order valence-corrected chi connectivity index (χ2v) is 8.21. The molecule has 1 heterocycles. The van der Waals surface area contributed by atoms with Crippen molar-refractivity contribution in [1.29, 1.82) is 0 Å². The van der Waals surface area contributed by atoms with Crippen LogP contribution in [-0.2, 0) is 14.8 Å². The highest BCUT2D eigenvalue weighted by molar-refractivity contribution is 8.19. The van der Waals surface area contributed by atoms with E-state index in [4.69, 9.17) is 4.74 Å². The summed E-state index contributed by atoms with van der Waals surface area (Å²) in [5, 5.41) is 0.153. The Bertz CT molecular complexity index is 1020. The quantitative estimate of drug-likeness (QED) is 0.717. The maximum atomic E-state index is 12.7. The van der Waals surface area contributed by atoms with E-state index in [1.807, 2.05) is 18.2 Å². The molecule has 6 nitrogen and oxygen atoms in total. The molecule has 3 rings (SSSR count). The second kappa shape index (κ2) is 7.98. The van der Waals surface area contributed by atoms with E-state index in [2.05, 4.69) is 4.40 Å². The molecule has 8 heteroatoms. The molecule has 140 valence electrons. The Hall–Kier alpha value is -2.58. The van der Waals surface area contributed by atoms with Gasteiger partial charge in [-0.3, -0.25) is 9.69 Å². The van der Waals surface area contributed by atoms with Gasteiger partial charge >= 0.3 is 0 Å². The molecule has 0 bridgehead atoms. The van der Waals surface area contributed by atoms with E-state index >= 15 is 0 Å². The van der Waals surface area contributed by atoms with Crippen LogP contribution < -0.4 is 4.74 Å². The number of carbonyl (C=O) groups is 1. The van der Waals surface area contributed by atoms with Crippen LogP contribution in [0.5, 0.6) is 5.75 Å². The van der Waals surface area contributed by atoms with Gasteiger partial charge in [0.05, 0.1) is 16.9 Å². The van der Waals surface area contributed by atoms with Gasteiger partial charge in [0.1, 0.15) is 5.75 Å². The summed E-state index contributed by atoms with van der Waals surface area (Å²) < 4.78 is 34.1. The minimum absolute atomic E-state index is 0.0897. The highest BCUT2D eigenvalue weighted by atomic mass is 32.2. The molecule has 1 amide bonds. The van der Waals surface area contributed by atoms with E-state index < -0.39 is 10.0 Å². The van der Waals surface area contributed by atoms with Gasteiger partial charge in [0.2, 0.25) is 0 Å². The average Bonchev–Trinajstić information content (AvgIpc) is 2.96. The molecule has 1 fully saturated rings. The number of nitrogens with zero attached hydrogens (tertiary/aromatic N) is 2. The smallest absolute Gasteiger partial charge is 0.284 e. The Balaban J connectivity index is 1.96. The lowest BCUT2D eigenvalue weighted by atomic mass is 10.2. The average molecular weight is 402 g/mol. The molecule has 0 N–H and O–H groups in total. The molecular formula is C19H18N2O4S2. The van der Waals surface area contributed by atoms with Crippen LogP contribution in [0.1, 0.15) is 12.5 Å². The first-order valence-electron chi connectivity index (χ1n) is 8.20. The van der Waals surface area contributed by atoms with Gasteiger partial charge in [-0.05, 0) is 54.6 Å². The van der Waals surface area contributed by atoms with Crippen molar-refractivity contribution in [3.8, 4) is 5.75 Å². The third-order valence-electron chi connectivity index (χ3n) is 3.84. The molecule has 0 saturated carbocycles. The van der Waals surface area contributed by atoms with E-state index in [0.717, 1.165) is 17.3 Å². The van der Waals surface area contributed by atoms with Gasteiger partial charge in [-0.25, -0.2) is 0 Å².